The fraction of sp³-hybridized carbons (Fsp3) is 0. The zero-order valence-electron chi connectivity index (χ0n) is 22.1. The molecule has 0 atom stereocenters. The molecule has 0 aliphatic heterocycles. The van der Waals surface area contributed by atoms with Gasteiger partial charge in [-0.2, -0.15) is 0 Å². The van der Waals surface area contributed by atoms with E-state index in [0.29, 0.717) is 0 Å². The summed E-state index contributed by atoms with van der Waals surface area (Å²) >= 11 is 0. The molecule has 6 aromatic rings. The van der Waals surface area contributed by atoms with Crippen LogP contribution in [0.25, 0.3) is 11.1 Å². The summed E-state index contributed by atoms with van der Waals surface area (Å²) < 4.78 is 0. The van der Waals surface area contributed by atoms with Crippen molar-refractivity contribution >= 4 is 45.5 Å². The molecular weight excluding hydrogens is 488 g/mol. The highest BCUT2D eigenvalue weighted by Crippen LogP contribution is 2.38. The number of nitrogens with two attached hydrogens (primary N) is 2. The van der Waals surface area contributed by atoms with Crippen LogP contribution in [0.5, 0.6) is 0 Å². The summed E-state index contributed by atoms with van der Waals surface area (Å²) in [7, 11) is 0. The number of nitrogens with zero attached hydrogens (tertiary/aromatic N) is 2. The number of nitrogen functional groups attached to an aromatic ring is 2. The van der Waals surface area contributed by atoms with Crippen LogP contribution in [-0.4, -0.2) is 0 Å². The smallest absolute Gasteiger partial charge is 0.0482 e. The third kappa shape index (κ3) is 5.24. The number of hydrogen-bond acceptors (Lipinski definition) is 4. The standard InChI is InChI=1S/C36H30N4/c37-29-9-7-15-35(25-29)39(31-11-3-1-4-12-31)33-21-17-27(18-22-33)28-19-23-34(24-20-28)40(32-13-5-2-6-14-32)36-16-8-10-30(38)26-36/h1-26H,37-38H2. The molecule has 0 unspecified atom stereocenters. The van der Waals surface area contributed by atoms with Gasteiger partial charge in [-0.05, 0) is 96.1 Å². The summed E-state index contributed by atoms with van der Waals surface area (Å²) in [5, 5.41) is 0. The van der Waals surface area contributed by atoms with Crippen LogP contribution in [0.2, 0.25) is 0 Å². The fourth-order valence-corrected chi connectivity index (χ4v) is 4.98. The van der Waals surface area contributed by atoms with Crippen LogP contribution in [0.3, 0.4) is 0 Å². The van der Waals surface area contributed by atoms with E-state index < -0.39 is 0 Å². The molecule has 6 rings (SSSR count). The second-order valence-electron chi connectivity index (χ2n) is 9.63. The Hall–Kier alpha value is -5.48. The lowest BCUT2D eigenvalue weighted by Gasteiger charge is -2.26. The van der Waals surface area contributed by atoms with Crippen molar-refractivity contribution in [3.8, 4) is 11.1 Å². The number of anilines is 8. The van der Waals surface area contributed by atoms with E-state index in [9.17, 15) is 0 Å². The van der Waals surface area contributed by atoms with E-state index in [2.05, 4.69) is 94.7 Å². The zero-order chi connectivity index (χ0) is 27.3. The van der Waals surface area contributed by atoms with Gasteiger partial charge < -0.3 is 21.3 Å². The minimum Gasteiger partial charge on any atom is -0.399 e. The molecule has 0 fully saturated rings. The van der Waals surface area contributed by atoms with E-state index in [-0.39, 0.29) is 0 Å². The maximum absolute atomic E-state index is 6.13. The summed E-state index contributed by atoms with van der Waals surface area (Å²) in [6.07, 6.45) is 0. The van der Waals surface area contributed by atoms with Crippen LogP contribution in [0.15, 0.2) is 158 Å². The Bertz CT molecular complexity index is 1570. The first kappa shape index (κ1) is 24.8. The van der Waals surface area contributed by atoms with Crippen molar-refractivity contribution in [1.29, 1.82) is 0 Å². The van der Waals surface area contributed by atoms with Crippen molar-refractivity contribution in [2.75, 3.05) is 21.3 Å². The van der Waals surface area contributed by atoms with E-state index in [1.165, 1.54) is 0 Å². The number of benzene rings is 6. The zero-order valence-corrected chi connectivity index (χ0v) is 22.1. The Balaban J connectivity index is 1.32. The van der Waals surface area contributed by atoms with Gasteiger partial charge in [0.15, 0.2) is 0 Å². The van der Waals surface area contributed by atoms with E-state index >= 15 is 0 Å². The lowest BCUT2D eigenvalue weighted by atomic mass is 10.0. The van der Waals surface area contributed by atoms with Crippen molar-refractivity contribution < 1.29 is 0 Å². The van der Waals surface area contributed by atoms with Gasteiger partial charge >= 0.3 is 0 Å². The first-order valence-corrected chi connectivity index (χ1v) is 13.3. The number of rotatable bonds is 7. The Kier molecular flexibility index (Phi) is 6.89. The highest BCUT2D eigenvalue weighted by atomic mass is 15.1. The summed E-state index contributed by atoms with van der Waals surface area (Å²) in [4.78, 5) is 4.43. The van der Waals surface area contributed by atoms with Crippen molar-refractivity contribution in [3.05, 3.63) is 158 Å². The number of hydrogen-bond donors (Lipinski definition) is 2. The second kappa shape index (κ2) is 11.1. The topological polar surface area (TPSA) is 58.5 Å². The first-order chi connectivity index (χ1) is 19.7. The number of para-hydroxylation sites is 2. The predicted molar refractivity (Wildman–Crippen MR) is 170 cm³/mol. The lowest BCUT2D eigenvalue weighted by Crippen LogP contribution is -2.10. The lowest BCUT2D eigenvalue weighted by molar-refractivity contribution is 1.28. The van der Waals surface area contributed by atoms with Gasteiger partial charge in [0.25, 0.3) is 0 Å². The largest absolute Gasteiger partial charge is 0.399 e. The molecule has 6 aromatic carbocycles. The van der Waals surface area contributed by atoms with Crippen molar-refractivity contribution in [3.63, 3.8) is 0 Å². The molecule has 0 spiro atoms. The molecule has 4 nitrogen and oxygen atoms in total. The van der Waals surface area contributed by atoms with E-state index in [0.717, 1.165) is 56.6 Å². The Labute approximate surface area is 235 Å². The molecule has 0 radical (unpaired) electrons. The van der Waals surface area contributed by atoms with Crippen molar-refractivity contribution in [2.45, 2.75) is 0 Å². The van der Waals surface area contributed by atoms with Gasteiger partial charge in [-0.1, -0.05) is 72.8 Å². The molecule has 0 heterocycles. The molecule has 0 amide bonds. The van der Waals surface area contributed by atoms with Gasteiger partial charge in [-0.15, -0.1) is 0 Å². The third-order valence-corrected chi connectivity index (χ3v) is 6.87. The summed E-state index contributed by atoms with van der Waals surface area (Å²) in [5.41, 5.74) is 22.3. The van der Waals surface area contributed by atoms with Crippen LogP contribution >= 0.6 is 0 Å². The van der Waals surface area contributed by atoms with Gasteiger partial charge in [0.2, 0.25) is 0 Å². The van der Waals surface area contributed by atoms with Crippen molar-refractivity contribution in [1.82, 2.24) is 0 Å². The molecule has 194 valence electrons. The monoisotopic (exact) mass is 518 g/mol. The molecule has 4 N–H and O–H groups in total. The summed E-state index contributed by atoms with van der Waals surface area (Å²) in [5.74, 6) is 0. The molecule has 40 heavy (non-hydrogen) atoms. The summed E-state index contributed by atoms with van der Waals surface area (Å²) in [6, 6.07) is 53.9. The molecule has 0 aliphatic rings. The minimum absolute atomic E-state index is 0.734. The molecule has 0 bridgehead atoms. The molecule has 4 heteroatoms. The van der Waals surface area contributed by atoms with Crippen LogP contribution < -0.4 is 21.3 Å². The maximum atomic E-state index is 6.13. The second-order valence-corrected chi connectivity index (χ2v) is 9.63. The quantitative estimate of drug-likeness (QED) is 0.207. The molecule has 0 saturated heterocycles. The van der Waals surface area contributed by atoms with Crippen LogP contribution in [0, 0.1) is 0 Å². The normalized spacial score (nSPS) is 10.7. The van der Waals surface area contributed by atoms with Crippen LogP contribution in [-0.2, 0) is 0 Å². The van der Waals surface area contributed by atoms with Gasteiger partial charge in [-0.3, -0.25) is 0 Å². The van der Waals surface area contributed by atoms with Gasteiger partial charge in [0.1, 0.15) is 0 Å². The van der Waals surface area contributed by atoms with Crippen LogP contribution in [0.4, 0.5) is 45.5 Å². The molecule has 0 saturated carbocycles. The SMILES string of the molecule is Nc1cccc(N(c2ccccc2)c2ccc(-c3ccc(N(c4ccccc4)c4cccc(N)c4)cc3)cc2)c1. The molecule has 0 aliphatic carbocycles. The van der Waals surface area contributed by atoms with Gasteiger partial charge in [-0.25, -0.2) is 0 Å². The van der Waals surface area contributed by atoms with Crippen LogP contribution in [0.1, 0.15) is 0 Å². The Morgan fingerprint density at radius 1 is 0.300 bits per heavy atom. The highest BCUT2D eigenvalue weighted by Gasteiger charge is 2.14. The van der Waals surface area contributed by atoms with Crippen molar-refractivity contribution in [2.24, 2.45) is 0 Å². The third-order valence-electron chi connectivity index (χ3n) is 6.87. The molecule has 0 aromatic heterocycles. The fourth-order valence-electron chi connectivity index (χ4n) is 4.98. The van der Waals surface area contributed by atoms with E-state index in [1.807, 2.05) is 72.8 Å². The van der Waals surface area contributed by atoms with E-state index in [4.69, 9.17) is 11.5 Å². The summed E-state index contributed by atoms with van der Waals surface area (Å²) in [6.45, 7) is 0. The predicted octanol–water partition coefficient (Wildman–Crippen LogP) is 9.46. The Morgan fingerprint density at radius 2 is 0.625 bits per heavy atom. The van der Waals surface area contributed by atoms with E-state index in [1.54, 1.807) is 0 Å². The molecular formula is C36H30N4. The Morgan fingerprint density at radius 3 is 0.975 bits per heavy atom. The first-order valence-electron chi connectivity index (χ1n) is 13.3. The minimum atomic E-state index is 0.734. The van der Waals surface area contributed by atoms with Gasteiger partial charge in [0, 0.05) is 45.5 Å². The maximum Gasteiger partial charge on any atom is 0.0482 e. The van der Waals surface area contributed by atoms with Gasteiger partial charge in [0.05, 0.1) is 0 Å². The average molecular weight is 519 g/mol. The highest BCUT2D eigenvalue weighted by molar-refractivity contribution is 5.81. The average Bonchev–Trinajstić information content (AvgIpc) is 3.00.